The predicted molar refractivity (Wildman–Crippen MR) is 145 cm³/mol. The lowest BCUT2D eigenvalue weighted by Crippen LogP contribution is -2.52. The van der Waals surface area contributed by atoms with Crippen molar-refractivity contribution in [3.8, 4) is 23.0 Å². The third kappa shape index (κ3) is 5.82. The average molecular weight is 535 g/mol. The second-order valence-corrected chi connectivity index (χ2v) is 9.84. The lowest BCUT2D eigenvalue weighted by atomic mass is 9.95. The number of aryl methyl sites for hydroxylation is 1. The Hall–Kier alpha value is -4.14. The quantitative estimate of drug-likeness (QED) is 0.436. The number of amides is 2. The number of carbonyl (C=O) groups is 2. The highest BCUT2D eigenvalue weighted by Crippen LogP contribution is 2.37. The summed E-state index contributed by atoms with van der Waals surface area (Å²) in [5, 5.41) is 3.18. The molecule has 0 spiro atoms. The van der Waals surface area contributed by atoms with E-state index < -0.39 is 18.1 Å². The van der Waals surface area contributed by atoms with Gasteiger partial charge in [0.1, 0.15) is 29.6 Å². The number of ether oxygens (including phenoxy) is 4. The Labute approximate surface area is 228 Å². The van der Waals surface area contributed by atoms with Gasteiger partial charge < -0.3 is 28.7 Å². The van der Waals surface area contributed by atoms with Crippen molar-refractivity contribution in [3.63, 3.8) is 0 Å². The van der Waals surface area contributed by atoms with Crippen molar-refractivity contribution < 1.29 is 33.0 Å². The fourth-order valence-corrected chi connectivity index (χ4v) is 5.13. The van der Waals surface area contributed by atoms with E-state index in [4.69, 9.17) is 23.4 Å². The number of furan rings is 1. The Bertz CT molecular complexity index is 1290. The first-order valence-electron chi connectivity index (χ1n) is 13.3. The molecular formula is C30H34N2O7. The highest BCUT2D eigenvalue weighted by atomic mass is 16.6. The highest BCUT2D eigenvalue weighted by molar-refractivity contribution is 6.03. The molecule has 1 saturated carbocycles. The minimum Gasteiger partial charge on any atom is -0.497 e. The first-order valence-corrected chi connectivity index (χ1v) is 13.3. The van der Waals surface area contributed by atoms with Crippen LogP contribution in [0.3, 0.4) is 0 Å². The van der Waals surface area contributed by atoms with Gasteiger partial charge in [-0.3, -0.25) is 14.5 Å². The van der Waals surface area contributed by atoms with E-state index in [9.17, 15) is 9.59 Å². The molecule has 9 heteroatoms. The van der Waals surface area contributed by atoms with Crippen LogP contribution in [0.15, 0.2) is 59.0 Å². The Kier molecular flexibility index (Phi) is 7.95. The van der Waals surface area contributed by atoms with Gasteiger partial charge in [-0.15, -0.1) is 0 Å². The molecule has 9 nitrogen and oxygen atoms in total. The molecule has 1 aliphatic carbocycles. The van der Waals surface area contributed by atoms with E-state index >= 15 is 0 Å². The first-order chi connectivity index (χ1) is 19.0. The first kappa shape index (κ1) is 26.5. The lowest BCUT2D eigenvalue weighted by molar-refractivity contribution is -0.132. The summed E-state index contributed by atoms with van der Waals surface area (Å²) in [6.45, 7) is 1.79. The number of nitrogens with one attached hydrogen (secondary N) is 1. The average Bonchev–Trinajstić information content (AvgIpc) is 3.40. The molecule has 0 saturated heterocycles. The van der Waals surface area contributed by atoms with E-state index in [1.54, 1.807) is 49.4 Å². The van der Waals surface area contributed by atoms with Crippen LogP contribution in [0.5, 0.6) is 23.0 Å². The SMILES string of the molecule is COc1cc(OC)cc(N(C(=O)C2COc3ccccc3O2)C(C(=O)NC2CCCCC2)c2ccc(C)o2)c1. The molecule has 206 valence electrons. The van der Waals surface area contributed by atoms with Crippen LogP contribution in [0.25, 0.3) is 0 Å². The third-order valence-corrected chi connectivity index (χ3v) is 7.12. The van der Waals surface area contributed by atoms with E-state index in [0.717, 1.165) is 32.1 Å². The van der Waals surface area contributed by atoms with Gasteiger partial charge in [0.05, 0.1) is 19.9 Å². The molecule has 0 bridgehead atoms. The van der Waals surface area contributed by atoms with Gasteiger partial charge in [0.25, 0.3) is 11.8 Å². The molecule has 5 rings (SSSR count). The van der Waals surface area contributed by atoms with Crippen molar-refractivity contribution in [2.45, 2.75) is 57.2 Å². The summed E-state index contributed by atoms with van der Waals surface area (Å²) in [4.78, 5) is 29.8. The normalized spacial score (nSPS) is 17.7. The molecule has 1 fully saturated rings. The van der Waals surface area contributed by atoms with Crippen molar-refractivity contribution in [2.24, 2.45) is 0 Å². The van der Waals surface area contributed by atoms with Gasteiger partial charge in [-0.2, -0.15) is 0 Å². The predicted octanol–water partition coefficient (Wildman–Crippen LogP) is 4.97. The van der Waals surface area contributed by atoms with Crippen LogP contribution in [0.1, 0.15) is 49.7 Å². The maximum atomic E-state index is 14.3. The summed E-state index contributed by atoms with van der Waals surface area (Å²) in [5.74, 6) is 2.13. The maximum absolute atomic E-state index is 14.3. The summed E-state index contributed by atoms with van der Waals surface area (Å²) < 4.78 is 28.9. The number of hydrogen-bond donors (Lipinski definition) is 1. The molecule has 2 aromatic carbocycles. The zero-order valence-electron chi connectivity index (χ0n) is 22.5. The minimum absolute atomic E-state index is 0.0123. The monoisotopic (exact) mass is 534 g/mol. The van der Waals surface area contributed by atoms with Crippen molar-refractivity contribution >= 4 is 17.5 Å². The molecule has 1 N–H and O–H groups in total. The van der Waals surface area contributed by atoms with E-state index in [0.29, 0.717) is 40.2 Å². The molecule has 2 unspecified atom stereocenters. The van der Waals surface area contributed by atoms with Gasteiger partial charge in [-0.25, -0.2) is 0 Å². The number of rotatable bonds is 8. The molecule has 2 atom stereocenters. The molecule has 0 radical (unpaired) electrons. The Morgan fingerprint density at radius 3 is 2.28 bits per heavy atom. The zero-order valence-corrected chi connectivity index (χ0v) is 22.5. The number of para-hydroxylation sites is 2. The maximum Gasteiger partial charge on any atom is 0.272 e. The van der Waals surface area contributed by atoms with Gasteiger partial charge in [0, 0.05) is 24.2 Å². The van der Waals surface area contributed by atoms with Crippen LogP contribution in [0, 0.1) is 6.92 Å². The molecule has 3 aromatic rings. The van der Waals surface area contributed by atoms with E-state index in [-0.39, 0.29) is 18.6 Å². The van der Waals surface area contributed by atoms with Crippen molar-refractivity contribution in [3.05, 3.63) is 66.1 Å². The number of methoxy groups -OCH3 is 2. The Morgan fingerprint density at radius 1 is 0.949 bits per heavy atom. The summed E-state index contributed by atoms with van der Waals surface area (Å²) in [7, 11) is 3.06. The second-order valence-electron chi connectivity index (χ2n) is 9.84. The summed E-state index contributed by atoms with van der Waals surface area (Å²) in [6, 6.07) is 14.7. The van der Waals surface area contributed by atoms with Gasteiger partial charge in [-0.05, 0) is 44.0 Å². The molecule has 2 amide bonds. The van der Waals surface area contributed by atoms with Crippen LogP contribution >= 0.6 is 0 Å². The third-order valence-electron chi connectivity index (χ3n) is 7.12. The zero-order chi connectivity index (χ0) is 27.4. The summed E-state index contributed by atoms with van der Waals surface area (Å²) in [5.41, 5.74) is 0.400. The molecule has 1 aromatic heterocycles. The van der Waals surface area contributed by atoms with Crippen molar-refractivity contribution in [1.29, 1.82) is 0 Å². The standard InChI is InChI=1S/C30H34N2O7/c1-19-13-14-26(38-19)28(29(33)31-20-9-5-4-6-10-20)32(21-15-22(35-2)17-23(16-21)36-3)30(34)27-18-37-24-11-7-8-12-25(24)39-27/h7-8,11-17,20,27-28H,4-6,9-10,18H2,1-3H3,(H,31,33). The smallest absolute Gasteiger partial charge is 0.272 e. The number of carbonyl (C=O) groups excluding carboxylic acids is 2. The van der Waals surface area contributed by atoms with Crippen LogP contribution < -0.4 is 29.2 Å². The van der Waals surface area contributed by atoms with E-state index in [1.165, 1.54) is 19.1 Å². The highest BCUT2D eigenvalue weighted by Gasteiger charge is 2.41. The topological polar surface area (TPSA) is 99.5 Å². The van der Waals surface area contributed by atoms with Gasteiger partial charge >= 0.3 is 0 Å². The summed E-state index contributed by atoms with van der Waals surface area (Å²) >= 11 is 0. The van der Waals surface area contributed by atoms with Gasteiger partial charge in [-0.1, -0.05) is 31.4 Å². The molecule has 1 aliphatic heterocycles. The number of benzene rings is 2. The number of fused-ring (bicyclic) bond motifs is 1. The second kappa shape index (κ2) is 11.7. The molecule has 2 aliphatic rings. The van der Waals surface area contributed by atoms with E-state index in [1.807, 2.05) is 12.1 Å². The lowest BCUT2D eigenvalue weighted by Gasteiger charge is -2.35. The van der Waals surface area contributed by atoms with Crippen LogP contribution in [0.2, 0.25) is 0 Å². The van der Waals surface area contributed by atoms with Crippen molar-refractivity contribution in [2.75, 3.05) is 25.7 Å². The fraction of sp³-hybridized carbons (Fsp3) is 0.400. The van der Waals surface area contributed by atoms with Gasteiger partial charge in [0.15, 0.2) is 17.5 Å². The van der Waals surface area contributed by atoms with Crippen LogP contribution in [-0.4, -0.2) is 44.8 Å². The molecule has 2 heterocycles. The van der Waals surface area contributed by atoms with E-state index in [2.05, 4.69) is 5.32 Å². The Morgan fingerprint density at radius 2 is 1.64 bits per heavy atom. The van der Waals surface area contributed by atoms with Crippen LogP contribution in [0.4, 0.5) is 5.69 Å². The number of hydrogen-bond acceptors (Lipinski definition) is 7. The molecule has 39 heavy (non-hydrogen) atoms. The summed E-state index contributed by atoms with van der Waals surface area (Å²) in [6.07, 6.45) is 4.05. The van der Waals surface area contributed by atoms with Crippen molar-refractivity contribution in [1.82, 2.24) is 5.32 Å². The Balaban J connectivity index is 1.58. The molecular weight excluding hydrogens is 500 g/mol. The van der Waals surface area contributed by atoms with Crippen LogP contribution in [-0.2, 0) is 9.59 Å². The number of anilines is 1. The fourth-order valence-electron chi connectivity index (χ4n) is 5.13. The number of nitrogens with zero attached hydrogens (tertiary/aromatic N) is 1. The minimum atomic E-state index is -1.11. The van der Waals surface area contributed by atoms with Gasteiger partial charge in [0.2, 0.25) is 6.10 Å². The largest absolute Gasteiger partial charge is 0.497 e.